The zero-order valence-electron chi connectivity index (χ0n) is 14.1. The van der Waals surface area contributed by atoms with Crippen LogP contribution < -0.4 is 5.32 Å². The molecule has 0 aromatic heterocycles. The maximum absolute atomic E-state index is 12.8. The Morgan fingerprint density at radius 1 is 1.21 bits per heavy atom. The van der Waals surface area contributed by atoms with E-state index in [1.54, 1.807) is 24.3 Å². The van der Waals surface area contributed by atoms with Crippen molar-refractivity contribution in [2.75, 3.05) is 5.32 Å². The summed E-state index contributed by atoms with van der Waals surface area (Å²) < 4.78 is 0. The summed E-state index contributed by atoms with van der Waals surface area (Å²) in [5.74, 6) is -0.477. The Morgan fingerprint density at radius 3 is 2.62 bits per heavy atom. The summed E-state index contributed by atoms with van der Waals surface area (Å²) in [6, 6.07) is 12.7. The molecule has 0 saturated heterocycles. The molecule has 124 valence electrons. The first-order valence-corrected chi connectivity index (χ1v) is 8.10. The first-order valence-electron chi connectivity index (χ1n) is 8.10. The van der Waals surface area contributed by atoms with E-state index >= 15 is 0 Å². The monoisotopic (exact) mass is 323 g/mol. The van der Waals surface area contributed by atoms with Gasteiger partial charge in [-0.2, -0.15) is 0 Å². The minimum absolute atomic E-state index is 0.232. The molecular weight excluding hydrogens is 302 g/mol. The number of hydrogen-bond acceptors (Lipinski definition) is 3. The lowest BCUT2D eigenvalue weighted by molar-refractivity contribution is -0.133. The van der Waals surface area contributed by atoms with Crippen LogP contribution in [0.1, 0.15) is 53.2 Å². The van der Waals surface area contributed by atoms with Crippen LogP contribution in [0, 0.1) is 6.92 Å². The molecule has 1 amide bonds. The van der Waals surface area contributed by atoms with Crippen molar-refractivity contribution in [1.82, 2.24) is 0 Å². The average molecular weight is 323 g/mol. The molecule has 0 aliphatic carbocycles. The fraction of sp³-hybridized carbons (Fsp3) is 0.300. The highest BCUT2D eigenvalue weighted by molar-refractivity contribution is 6.09. The van der Waals surface area contributed by atoms with Crippen LogP contribution in [0.4, 0.5) is 5.69 Å². The number of anilines is 1. The number of aryl methyl sites for hydroxylation is 1. The Labute approximate surface area is 141 Å². The molecule has 3 rings (SSSR count). The first kappa shape index (κ1) is 16.4. The summed E-state index contributed by atoms with van der Waals surface area (Å²) in [7, 11) is 0. The quantitative estimate of drug-likeness (QED) is 0.846. The van der Waals surface area contributed by atoms with Gasteiger partial charge in [0.25, 0.3) is 5.91 Å². The standard InChI is InChI=1S/C20H21NO3/c1-12(2)14-9-8-13(3)15(10-14)18(22)11-20(24)16-6-4-5-7-17(16)21-19(20)23/h4-10,12,24H,11H2,1-3H3,(H,21,23). The minimum atomic E-state index is -1.81. The number of ketones is 1. The van der Waals surface area contributed by atoms with Crippen molar-refractivity contribution in [3.8, 4) is 0 Å². The fourth-order valence-electron chi connectivity index (χ4n) is 3.10. The van der Waals surface area contributed by atoms with Crippen LogP contribution in [-0.4, -0.2) is 16.8 Å². The van der Waals surface area contributed by atoms with Gasteiger partial charge in [0.05, 0.1) is 6.42 Å². The van der Waals surface area contributed by atoms with Crippen molar-refractivity contribution < 1.29 is 14.7 Å². The number of para-hydroxylation sites is 1. The topological polar surface area (TPSA) is 66.4 Å². The third-order valence-corrected chi connectivity index (χ3v) is 4.64. The Kier molecular flexibility index (Phi) is 4.01. The zero-order chi connectivity index (χ0) is 17.5. The fourth-order valence-corrected chi connectivity index (χ4v) is 3.10. The van der Waals surface area contributed by atoms with Crippen LogP contribution in [0.3, 0.4) is 0 Å². The smallest absolute Gasteiger partial charge is 0.261 e. The molecule has 1 aliphatic heterocycles. The van der Waals surface area contributed by atoms with Crippen LogP contribution in [0.5, 0.6) is 0 Å². The summed E-state index contributed by atoms with van der Waals surface area (Å²) in [6.07, 6.45) is -0.266. The van der Waals surface area contributed by atoms with Gasteiger partial charge in [-0.05, 0) is 36.1 Å². The van der Waals surface area contributed by atoms with Crippen molar-refractivity contribution >= 4 is 17.4 Å². The van der Waals surface area contributed by atoms with Gasteiger partial charge in [-0.25, -0.2) is 0 Å². The lowest BCUT2D eigenvalue weighted by Crippen LogP contribution is -2.36. The van der Waals surface area contributed by atoms with Crippen molar-refractivity contribution in [2.24, 2.45) is 0 Å². The zero-order valence-corrected chi connectivity index (χ0v) is 14.1. The number of hydrogen-bond donors (Lipinski definition) is 2. The van der Waals surface area contributed by atoms with E-state index in [0.29, 0.717) is 22.7 Å². The maximum atomic E-state index is 12.8. The minimum Gasteiger partial charge on any atom is -0.375 e. The second-order valence-corrected chi connectivity index (χ2v) is 6.69. The first-order chi connectivity index (χ1) is 11.3. The maximum Gasteiger partial charge on any atom is 0.261 e. The lowest BCUT2D eigenvalue weighted by atomic mass is 9.86. The van der Waals surface area contributed by atoms with Crippen LogP contribution in [0.25, 0.3) is 0 Å². The van der Waals surface area contributed by atoms with E-state index in [1.165, 1.54) is 0 Å². The van der Waals surface area contributed by atoms with Gasteiger partial charge in [-0.15, -0.1) is 0 Å². The summed E-state index contributed by atoms with van der Waals surface area (Å²) in [5.41, 5.74) is 1.68. The predicted octanol–water partition coefficient (Wildman–Crippen LogP) is 3.53. The summed E-state index contributed by atoms with van der Waals surface area (Å²) in [4.78, 5) is 25.1. The Morgan fingerprint density at radius 2 is 1.92 bits per heavy atom. The van der Waals surface area contributed by atoms with Gasteiger partial charge < -0.3 is 10.4 Å². The van der Waals surface area contributed by atoms with Gasteiger partial charge in [-0.3, -0.25) is 9.59 Å². The van der Waals surface area contributed by atoms with Crippen molar-refractivity contribution in [1.29, 1.82) is 0 Å². The molecule has 24 heavy (non-hydrogen) atoms. The molecule has 4 nitrogen and oxygen atoms in total. The predicted molar refractivity (Wildman–Crippen MR) is 93.2 cm³/mol. The summed E-state index contributed by atoms with van der Waals surface area (Å²) in [5, 5.41) is 13.5. The number of Topliss-reactive ketones (excluding diaryl/α,β-unsaturated/α-hetero) is 1. The number of carbonyl (C=O) groups excluding carboxylic acids is 2. The van der Waals surface area contributed by atoms with E-state index in [4.69, 9.17) is 0 Å². The molecule has 1 unspecified atom stereocenters. The van der Waals surface area contributed by atoms with Crippen LogP contribution in [0.2, 0.25) is 0 Å². The molecule has 0 fully saturated rings. The normalized spacial score (nSPS) is 19.3. The van der Waals surface area contributed by atoms with Gasteiger partial charge >= 0.3 is 0 Å². The number of rotatable bonds is 4. The molecule has 0 bridgehead atoms. The Hall–Kier alpha value is -2.46. The molecule has 2 aromatic carbocycles. The number of amides is 1. The molecule has 1 heterocycles. The third kappa shape index (κ3) is 2.63. The number of carbonyl (C=O) groups is 2. The molecule has 2 aromatic rings. The van der Waals surface area contributed by atoms with Gasteiger partial charge in [0, 0.05) is 16.8 Å². The number of benzene rings is 2. The molecule has 1 aliphatic rings. The van der Waals surface area contributed by atoms with Crippen LogP contribution in [-0.2, 0) is 10.4 Å². The van der Waals surface area contributed by atoms with Gasteiger partial charge in [0.15, 0.2) is 11.4 Å². The second-order valence-electron chi connectivity index (χ2n) is 6.69. The molecule has 2 N–H and O–H groups in total. The second kappa shape index (κ2) is 5.87. The van der Waals surface area contributed by atoms with Crippen LogP contribution in [0.15, 0.2) is 42.5 Å². The Bertz CT molecular complexity index is 825. The van der Waals surface area contributed by atoms with E-state index < -0.39 is 11.5 Å². The highest BCUT2D eigenvalue weighted by atomic mass is 16.3. The van der Waals surface area contributed by atoms with E-state index in [2.05, 4.69) is 19.2 Å². The van der Waals surface area contributed by atoms with Gasteiger partial charge in [-0.1, -0.05) is 44.2 Å². The van der Waals surface area contributed by atoms with E-state index in [9.17, 15) is 14.7 Å². The largest absolute Gasteiger partial charge is 0.375 e. The van der Waals surface area contributed by atoms with Crippen molar-refractivity contribution in [3.63, 3.8) is 0 Å². The summed E-state index contributed by atoms with van der Waals surface area (Å²) in [6.45, 7) is 5.99. The molecule has 0 spiro atoms. The van der Waals surface area contributed by atoms with Crippen LogP contribution >= 0.6 is 0 Å². The molecular formula is C20H21NO3. The lowest BCUT2D eigenvalue weighted by Gasteiger charge is -2.21. The van der Waals surface area contributed by atoms with Crippen molar-refractivity contribution in [2.45, 2.75) is 38.7 Å². The number of nitrogens with one attached hydrogen (secondary N) is 1. The SMILES string of the molecule is Cc1ccc(C(C)C)cc1C(=O)CC1(O)C(=O)Nc2ccccc21. The Balaban J connectivity index is 1.96. The van der Waals surface area contributed by atoms with Crippen molar-refractivity contribution in [3.05, 3.63) is 64.7 Å². The van der Waals surface area contributed by atoms with Gasteiger partial charge in [0.1, 0.15) is 0 Å². The van der Waals surface area contributed by atoms with E-state index in [0.717, 1.165) is 11.1 Å². The molecule has 1 atom stereocenters. The third-order valence-electron chi connectivity index (χ3n) is 4.64. The summed E-state index contributed by atoms with van der Waals surface area (Å²) >= 11 is 0. The molecule has 0 saturated carbocycles. The van der Waals surface area contributed by atoms with E-state index in [1.807, 2.05) is 25.1 Å². The van der Waals surface area contributed by atoms with E-state index in [-0.39, 0.29) is 12.2 Å². The van der Waals surface area contributed by atoms with Gasteiger partial charge in [0.2, 0.25) is 0 Å². The number of aliphatic hydroxyl groups is 1. The number of fused-ring (bicyclic) bond motifs is 1. The molecule has 0 radical (unpaired) electrons. The highest BCUT2D eigenvalue weighted by Crippen LogP contribution is 2.39. The highest BCUT2D eigenvalue weighted by Gasteiger charge is 2.46. The molecule has 4 heteroatoms. The average Bonchev–Trinajstić information content (AvgIpc) is 2.79.